The molecule has 1 amide bonds. The summed E-state index contributed by atoms with van der Waals surface area (Å²) in [5, 5.41) is 0.310. The largest absolute Gasteiger partial charge is 0.299 e. The predicted molar refractivity (Wildman–Crippen MR) is 72.3 cm³/mol. The predicted octanol–water partition coefficient (Wildman–Crippen LogP) is 3.10. The van der Waals surface area contributed by atoms with Crippen molar-refractivity contribution in [1.29, 1.82) is 0 Å². The van der Waals surface area contributed by atoms with E-state index in [-0.39, 0.29) is 6.54 Å². The molecule has 0 saturated heterocycles. The summed E-state index contributed by atoms with van der Waals surface area (Å²) in [6.07, 6.45) is 0.817. The molecule has 0 fully saturated rings. The molecule has 0 aromatic heterocycles. The van der Waals surface area contributed by atoms with Crippen molar-refractivity contribution >= 4 is 40.6 Å². The summed E-state index contributed by atoms with van der Waals surface area (Å²) < 4.78 is 0. The van der Waals surface area contributed by atoms with Crippen LogP contribution >= 0.6 is 23.2 Å². The minimum Gasteiger partial charge on any atom is -0.299 e. The number of ketones is 1. The first-order valence-corrected chi connectivity index (χ1v) is 6.33. The Kier molecular flexibility index (Phi) is 3.73. The molecular weight excluding hydrogens is 273 g/mol. The number of carbonyl (C=O) groups excluding carboxylic acids is 2. The lowest BCUT2D eigenvalue weighted by Gasteiger charge is -2.15. The van der Waals surface area contributed by atoms with Crippen molar-refractivity contribution in [3.63, 3.8) is 0 Å². The first-order chi connectivity index (χ1) is 8.58. The third kappa shape index (κ3) is 2.16. The highest BCUT2D eigenvalue weighted by Gasteiger charge is 2.35. The molecule has 5 heteroatoms. The second-order valence-corrected chi connectivity index (χ2v) is 4.69. The first-order valence-electron chi connectivity index (χ1n) is 5.52. The normalized spacial score (nSPS) is 15.3. The van der Waals surface area contributed by atoms with Gasteiger partial charge in [0.15, 0.2) is 0 Å². The van der Waals surface area contributed by atoms with Gasteiger partial charge in [-0.3, -0.25) is 14.5 Å². The summed E-state index contributed by atoms with van der Waals surface area (Å²) in [7, 11) is 0. The quantitative estimate of drug-likeness (QED) is 0.800. The van der Waals surface area contributed by atoms with Gasteiger partial charge >= 0.3 is 0 Å². The van der Waals surface area contributed by atoms with Gasteiger partial charge in [-0.05, 0) is 24.1 Å². The van der Waals surface area contributed by atoms with E-state index in [0.29, 0.717) is 16.3 Å². The van der Waals surface area contributed by atoms with E-state index in [0.717, 1.165) is 12.0 Å². The lowest BCUT2D eigenvalue weighted by atomic mass is 10.1. The average molecular weight is 284 g/mol. The Balaban J connectivity index is 2.43. The SMILES string of the molecule is CCc1ccc2c(c1)C(=O)C(=O)N2CC(Cl)=CCl. The standard InChI is InChI=1S/C13H11Cl2NO2/c1-2-8-3-4-11-10(5-8)12(17)13(18)16(11)7-9(15)6-14/h3-6H,2,7H2,1H3. The van der Waals surface area contributed by atoms with Gasteiger partial charge in [-0.2, -0.15) is 0 Å². The van der Waals surface area contributed by atoms with Gasteiger partial charge in [0.05, 0.1) is 17.8 Å². The maximum atomic E-state index is 11.9. The molecule has 0 unspecified atom stereocenters. The number of fused-ring (bicyclic) bond motifs is 1. The maximum Gasteiger partial charge on any atom is 0.299 e. The molecular formula is C13H11Cl2NO2. The zero-order valence-corrected chi connectivity index (χ0v) is 11.3. The Morgan fingerprint density at radius 1 is 1.39 bits per heavy atom. The van der Waals surface area contributed by atoms with Gasteiger partial charge in [0, 0.05) is 10.6 Å². The topological polar surface area (TPSA) is 37.4 Å². The van der Waals surface area contributed by atoms with Gasteiger partial charge in [-0.25, -0.2) is 0 Å². The number of benzene rings is 1. The van der Waals surface area contributed by atoms with Crippen molar-refractivity contribution in [3.05, 3.63) is 39.9 Å². The summed E-state index contributed by atoms with van der Waals surface area (Å²) in [5.74, 6) is -1.05. The number of hydrogen-bond donors (Lipinski definition) is 0. The molecule has 18 heavy (non-hydrogen) atoms. The molecule has 0 bridgehead atoms. The van der Waals surface area contributed by atoms with Crippen LogP contribution in [-0.4, -0.2) is 18.2 Å². The number of hydrogen-bond acceptors (Lipinski definition) is 2. The molecule has 1 aliphatic rings. The number of rotatable bonds is 3. The molecule has 0 aliphatic carbocycles. The molecule has 1 aromatic rings. The fraction of sp³-hybridized carbons (Fsp3) is 0.231. The van der Waals surface area contributed by atoms with Crippen molar-refractivity contribution in [2.75, 3.05) is 11.4 Å². The van der Waals surface area contributed by atoms with E-state index in [1.165, 1.54) is 10.4 Å². The van der Waals surface area contributed by atoms with Crippen LogP contribution in [-0.2, 0) is 11.2 Å². The number of Topliss-reactive ketones (excluding diaryl/α,β-unsaturated/α-hetero) is 1. The maximum absolute atomic E-state index is 11.9. The van der Waals surface area contributed by atoms with Crippen molar-refractivity contribution < 1.29 is 9.59 Å². The molecule has 0 N–H and O–H groups in total. The van der Waals surface area contributed by atoms with E-state index in [9.17, 15) is 9.59 Å². The van der Waals surface area contributed by atoms with Crippen LogP contribution in [0.4, 0.5) is 5.69 Å². The van der Waals surface area contributed by atoms with Crippen LogP contribution in [0.1, 0.15) is 22.8 Å². The van der Waals surface area contributed by atoms with E-state index < -0.39 is 11.7 Å². The van der Waals surface area contributed by atoms with Gasteiger partial charge in [0.1, 0.15) is 0 Å². The lowest BCUT2D eigenvalue weighted by molar-refractivity contribution is -0.114. The average Bonchev–Trinajstić information content (AvgIpc) is 2.63. The van der Waals surface area contributed by atoms with Crippen LogP contribution in [0.2, 0.25) is 0 Å². The van der Waals surface area contributed by atoms with Crippen molar-refractivity contribution in [2.45, 2.75) is 13.3 Å². The van der Waals surface area contributed by atoms with Crippen LogP contribution in [0.25, 0.3) is 0 Å². The Bertz CT molecular complexity index is 552. The van der Waals surface area contributed by atoms with Crippen molar-refractivity contribution in [1.82, 2.24) is 0 Å². The molecule has 0 atom stereocenters. The van der Waals surface area contributed by atoms with Crippen LogP contribution in [0.15, 0.2) is 28.8 Å². The number of nitrogens with zero attached hydrogens (tertiary/aromatic N) is 1. The van der Waals surface area contributed by atoms with E-state index in [4.69, 9.17) is 23.2 Å². The number of halogens is 2. The van der Waals surface area contributed by atoms with Gasteiger partial charge in [0.25, 0.3) is 11.7 Å². The molecule has 0 saturated carbocycles. The van der Waals surface area contributed by atoms with Crippen LogP contribution in [0.3, 0.4) is 0 Å². The zero-order chi connectivity index (χ0) is 13.3. The Hall–Kier alpha value is -1.32. The summed E-state index contributed by atoms with van der Waals surface area (Å²) >= 11 is 11.3. The van der Waals surface area contributed by atoms with Crippen LogP contribution in [0, 0.1) is 0 Å². The Morgan fingerprint density at radius 3 is 2.72 bits per heavy atom. The van der Waals surface area contributed by atoms with Crippen LogP contribution < -0.4 is 4.90 Å². The van der Waals surface area contributed by atoms with Crippen molar-refractivity contribution in [2.24, 2.45) is 0 Å². The van der Waals surface area contributed by atoms with E-state index in [2.05, 4.69) is 0 Å². The van der Waals surface area contributed by atoms with E-state index in [1.807, 2.05) is 13.0 Å². The smallest absolute Gasteiger partial charge is 0.299 e. The lowest BCUT2D eigenvalue weighted by Crippen LogP contribution is -2.30. The molecule has 94 valence electrons. The highest BCUT2D eigenvalue weighted by Crippen LogP contribution is 2.31. The number of anilines is 1. The number of aryl methyl sites for hydroxylation is 1. The second-order valence-electron chi connectivity index (χ2n) is 3.98. The third-order valence-corrected chi connectivity index (χ3v) is 3.48. The first kappa shape index (κ1) is 13.1. The molecule has 2 rings (SSSR count). The zero-order valence-electron chi connectivity index (χ0n) is 9.74. The molecule has 1 aliphatic heterocycles. The minimum atomic E-state index is -0.560. The monoisotopic (exact) mass is 283 g/mol. The number of carbonyl (C=O) groups is 2. The Morgan fingerprint density at radius 2 is 2.11 bits per heavy atom. The van der Waals surface area contributed by atoms with Gasteiger partial charge < -0.3 is 0 Å². The summed E-state index contributed by atoms with van der Waals surface area (Å²) in [6, 6.07) is 5.43. The fourth-order valence-corrected chi connectivity index (χ4v) is 2.10. The minimum absolute atomic E-state index is 0.119. The molecule has 1 aromatic carbocycles. The number of amides is 1. The van der Waals surface area contributed by atoms with Gasteiger partial charge in [-0.1, -0.05) is 36.2 Å². The van der Waals surface area contributed by atoms with Gasteiger partial charge in [-0.15, -0.1) is 0 Å². The molecule has 0 radical (unpaired) electrons. The highest BCUT2D eigenvalue weighted by molar-refractivity contribution is 6.52. The van der Waals surface area contributed by atoms with Crippen LogP contribution in [0.5, 0.6) is 0 Å². The van der Waals surface area contributed by atoms with E-state index >= 15 is 0 Å². The van der Waals surface area contributed by atoms with E-state index in [1.54, 1.807) is 12.1 Å². The highest BCUT2D eigenvalue weighted by atomic mass is 35.5. The molecule has 0 spiro atoms. The fourth-order valence-electron chi connectivity index (χ4n) is 1.91. The second kappa shape index (κ2) is 5.12. The summed E-state index contributed by atoms with van der Waals surface area (Å²) in [4.78, 5) is 25.1. The van der Waals surface area contributed by atoms with Crippen molar-refractivity contribution in [3.8, 4) is 0 Å². The van der Waals surface area contributed by atoms with Gasteiger partial charge in [0.2, 0.25) is 0 Å². The summed E-state index contributed by atoms with van der Waals surface area (Å²) in [5.41, 5.74) is 3.26. The molecule has 1 heterocycles. The Labute approximate surface area is 115 Å². The third-order valence-electron chi connectivity index (χ3n) is 2.87. The molecule has 3 nitrogen and oxygen atoms in total. The summed E-state index contributed by atoms with van der Waals surface area (Å²) in [6.45, 7) is 2.11.